The van der Waals surface area contributed by atoms with E-state index in [1.165, 1.54) is 55.4 Å². The van der Waals surface area contributed by atoms with Gasteiger partial charge in [0.15, 0.2) is 4.87 Å². The molecule has 2 unspecified atom stereocenters. The van der Waals surface area contributed by atoms with E-state index in [0.29, 0.717) is 11.3 Å². The number of rotatable bonds is 9. The van der Waals surface area contributed by atoms with Gasteiger partial charge in [-0.05, 0) is 68.1 Å². The summed E-state index contributed by atoms with van der Waals surface area (Å²) < 4.78 is 35.7. The lowest BCUT2D eigenvalue weighted by Gasteiger charge is -2.37. The van der Waals surface area contributed by atoms with Gasteiger partial charge in [-0.3, -0.25) is 4.98 Å². The molecule has 0 radical (unpaired) electrons. The average molecular weight is 636 g/mol. The molecule has 238 valence electrons. The van der Waals surface area contributed by atoms with Crippen LogP contribution >= 0.6 is 0 Å². The van der Waals surface area contributed by atoms with Gasteiger partial charge in [0.25, 0.3) is 0 Å². The fraction of sp³-hybridized carbons (Fsp3) is 0.355. The van der Waals surface area contributed by atoms with Crippen molar-refractivity contribution in [2.45, 2.75) is 69.4 Å². The number of carbonyl (C=O) groups is 2. The molecule has 45 heavy (non-hydrogen) atoms. The third-order valence-electron chi connectivity index (χ3n) is 6.83. The van der Waals surface area contributed by atoms with E-state index in [2.05, 4.69) is 20.1 Å². The van der Waals surface area contributed by atoms with Gasteiger partial charge in [-0.2, -0.15) is 5.10 Å². The average Bonchev–Trinajstić information content (AvgIpc) is 3.50. The Bertz CT molecular complexity index is 1750. The van der Waals surface area contributed by atoms with Crippen molar-refractivity contribution in [1.29, 1.82) is 0 Å². The van der Waals surface area contributed by atoms with Crippen molar-refractivity contribution in [3.8, 4) is 5.69 Å². The highest BCUT2D eigenvalue weighted by Gasteiger charge is 2.47. The number of carboxylic acids is 1. The van der Waals surface area contributed by atoms with Gasteiger partial charge in [0.2, 0.25) is 9.84 Å². The maximum Gasteiger partial charge on any atom is 0.416 e. The predicted molar refractivity (Wildman–Crippen MR) is 166 cm³/mol. The normalized spacial score (nSPS) is 14.3. The standard InChI is InChI=1S/C31H37N7O6S/c1-29(2,3)26(27(39)40)38(28(41)44-30(4,5)6)25-11-7-10-24(36-25)31(32,45(42,43)23-9-8-16-33-18-23)17-21-12-14-22(15-13-21)37-20-34-19-35-37/h7-16,18-20,26H,17,32H2,1-6H3,(H,39,40). The van der Waals surface area contributed by atoms with Crippen LogP contribution < -0.4 is 10.6 Å². The maximum absolute atomic E-state index is 14.3. The highest BCUT2D eigenvalue weighted by atomic mass is 32.2. The molecule has 0 bridgehead atoms. The zero-order valence-electron chi connectivity index (χ0n) is 25.9. The van der Waals surface area contributed by atoms with E-state index in [1.807, 2.05) is 0 Å². The Morgan fingerprint density at radius 2 is 1.69 bits per heavy atom. The summed E-state index contributed by atoms with van der Waals surface area (Å²) in [4.78, 5) is 37.3. The lowest BCUT2D eigenvalue weighted by atomic mass is 9.85. The largest absolute Gasteiger partial charge is 0.480 e. The molecule has 0 spiro atoms. The van der Waals surface area contributed by atoms with Crippen LogP contribution in [0.1, 0.15) is 52.8 Å². The van der Waals surface area contributed by atoms with E-state index in [0.717, 1.165) is 4.90 Å². The molecule has 3 heterocycles. The number of ether oxygens (including phenoxy) is 1. The lowest BCUT2D eigenvalue weighted by Crippen LogP contribution is -2.54. The highest BCUT2D eigenvalue weighted by Crippen LogP contribution is 2.36. The number of pyridine rings is 2. The number of anilines is 1. The Kier molecular flexibility index (Phi) is 9.12. The number of carbonyl (C=O) groups excluding carboxylic acids is 1. The van der Waals surface area contributed by atoms with Gasteiger partial charge in [-0.15, -0.1) is 0 Å². The molecule has 1 amide bonds. The molecule has 4 aromatic rings. The zero-order valence-corrected chi connectivity index (χ0v) is 26.8. The second-order valence-corrected chi connectivity index (χ2v) is 14.8. The summed E-state index contributed by atoms with van der Waals surface area (Å²) in [6.07, 6.45) is 4.37. The number of amides is 1. The van der Waals surface area contributed by atoms with Crippen LogP contribution in [0.2, 0.25) is 0 Å². The lowest BCUT2D eigenvalue weighted by molar-refractivity contribution is -0.141. The van der Waals surface area contributed by atoms with Crippen molar-refractivity contribution in [3.63, 3.8) is 0 Å². The van der Waals surface area contributed by atoms with Crippen molar-refractivity contribution < 1.29 is 27.9 Å². The van der Waals surface area contributed by atoms with E-state index in [1.54, 1.807) is 70.5 Å². The van der Waals surface area contributed by atoms with E-state index in [4.69, 9.17) is 10.5 Å². The number of aliphatic carboxylic acids is 1. The Morgan fingerprint density at radius 1 is 1.00 bits per heavy atom. The quantitative estimate of drug-likeness (QED) is 0.270. The minimum atomic E-state index is -4.39. The molecule has 14 heteroatoms. The monoisotopic (exact) mass is 635 g/mol. The van der Waals surface area contributed by atoms with E-state index in [9.17, 15) is 23.1 Å². The summed E-state index contributed by atoms with van der Waals surface area (Å²) in [7, 11) is -4.39. The Labute approximate surface area is 262 Å². The minimum absolute atomic E-state index is 0.115. The third-order valence-corrected chi connectivity index (χ3v) is 9.00. The van der Waals surface area contributed by atoms with Crippen LogP contribution in [-0.4, -0.2) is 62.0 Å². The zero-order chi connectivity index (χ0) is 33.2. The third kappa shape index (κ3) is 7.18. The van der Waals surface area contributed by atoms with Gasteiger partial charge < -0.3 is 15.6 Å². The van der Waals surface area contributed by atoms with Crippen molar-refractivity contribution >= 4 is 27.7 Å². The molecule has 4 rings (SSSR count). The van der Waals surface area contributed by atoms with Gasteiger partial charge in [-0.25, -0.2) is 37.6 Å². The summed E-state index contributed by atoms with van der Waals surface area (Å²) in [5.41, 5.74) is 6.10. The second-order valence-electron chi connectivity index (χ2n) is 12.6. The second kappa shape index (κ2) is 12.4. The molecule has 0 aliphatic carbocycles. The molecule has 1 aromatic carbocycles. The molecule has 3 N–H and O–H groups in total. The van der Waals surface area contributed by atoms with Gasteiger partial charge in [-0.1, -0.05) is 39.0 Å². The summed E-state index contributed by atoms with van der Waals surface area (Å²) in [5.74, 6) is -1.43. The predicted octanol–water partition coefficient (Wildman–Crippen LogP) is 4.13. The van der Waals surface area contributed by atoms with Crippen LogP contribution in [-0.2, 0) is 30.7 Å². The number of nitrogens with two attached hydrogens (primary N) is 1. The van der Waals surface area contributed by atoms with Crippen molar-refractivity contribution in [1.82, 2.24) is 24.7 Å². The first-order valence-corrected chi connectivity index (χ1v) is 15.5. The summed E-state index contributed by atoms with van der Waals surface area (Å²) >= 11 is 0. The van der Waals surface area contributed by atoms with Crippen LogP contribution in [0.3, 0.4) is 0 Å². The van der Waals surface area contributed by atoms with Crippen LogP contribution in [0.5, 0.6) is 0 Å². The molecule has 0 aliphatic rings. The first kappa shape index (κ1) is 33.2. The van der Waals surface area contributed by atoms with Gasteiger partial charge in [0.05, 0.1) is 16.3 Å². The number of nitrogens with zero attached hydrogens (tertiary/aromatic N) is 6. The number of carboxylic acid groups (broad SMARTS) is 1. The number of hydrogen-bond acceptors (Lipinski definition) is 10. The molecular formula is C31H37N7O6S. The van der Waals surface area contributed by atoms with E-state index in [-0.39, 0.29) is 22.8 Å². The first-order chi connectivity index (χ1) is 20.9. The number of sulfone groups is 1. The topological polar surface area (TPSA) is 183 Å². The fourth-order valence-electron chi connectivity index (χ4n) is 4.75. The molecule has 0 fully saturated rings. The Balaban J connectivity index is 1.89. The van der Waals surface area contributed by atoms with Crippen LogP contribution in [0, 0.1) is 5.41 Å². The highest BCUT2D eigenvalue weighted by molar-refractivity contribution is 7.92. The van der Waals surface area contributed by atoms with Crippen molar-refractivity contribution in [2.75, 3.05) is 4.90 Å². The van der Waals surface area contributed by atoms with Gasteiger partial charge >= 0.3 is 12.1 Å². The van der Waals surface area contributed by atoms with Crippen LogP contribution in [0.15, 0.2) is 84.5 Å². The molecule has 3 aromatic heterocycles. The number of aromatic nitrogens is 5. The maximum atomic E-state index is 14.3. The molecule has 0 saturated carbocycles. The first-order valence-electron chi connectivity index (χ1n) is 14.0. The van der Waals surface area contributed by atoms with Crippen molar-refractivity contribution in [2.24, 2.45) is 11.1 Å². The van der Waals surface area contributed by atoms with E-state index >= 15 is 0 Å². The molecule has 0 aliphatic heterocycles. The SMILES string of the molecule is CC(C)(C)OC(=O)N(c1cccc(C(N)(Cc2ccc(-n3cncn3)cc2)S(=O)(=O)c2cccnc2)n1)C(C(=O)O)C(C)(C)C. The molecular weight excluding hydrogens is 598 g/mol. The smallest absolute Gasteiger partial charge is 0.416 e. The summed E-state index contributed by atoms with van der Waals surface area (Å²) in [5, 5.41) is 14.4. The molecule has 0 saturated heterocycles. The molecule has 2 atom stereocenters. The summed E-state index contributed by atoms with van der Waals surface area (Å²) in [6.45, 7) is 9.94. The Hall–Kier alpha value is -4.69. The Morgan fingerprint density at radius 3 is 2.22 bits per heavy atom. The van der Waals surface area contributed by atoms with Crippen molar-refractivity contribution in [3.05, 3.63) is 90.9 Å². The van der Waals surface area contributed by atoms with E-state index < -0.39 is 43.8 Å². The summed E-state index contributed by atoms with van der Waals surface area (Å²) in [6, 6.07) is 12.7. The number of benzene rings is 1. The molecule has 13 nitrogen and oxygen atoms in total. The van der Waals surface area contributed by atoms with Gasteiger partial charge in [0.1, 0.15) is 30.1 Å². The fourth-order valence-corrected chi connectivity index (χ4v) is 6.38. The minimum Gasteiger partial charge on any atom is -0.480 e. The van der Waals surface area contributed by atoms with Gasteiger partial charge in [0, 0.05) is 18.8 Å². The van der Waals surface area contributed by atoms with Crippen LogP contribution in [0.4, 0.5) is 10.6 Å². The number of hydrogen-bond donors (Lipinski definition) is 2. The van der Waals surface area contributed by atoms with Crippen LogP contribution in [0.25, 0.3) is 5.69 Å².